The van der Waals surface area contributed by atoms with Gasteiger partial charge >= 0.3 is 0 Å². The van der Waals surface area contributed by atoms with E-state index in [0.717, 1.165) is 83.5 Å². The van der Waals surface area contributed by atoms with Crippen LogP contribution in [0.4, 0.5) is 34.1 Å². The summed E-state index contributed by atoms with van der Waals surface area (Å²) in [6, 6.07) is 59.4. The molecule has 5 nitrogen and oxygen atoms in total. The van der Waals surface area contributed by atoms with Crippen molar-refractivity contribution in [3.05, 3.63) is 180 Å². The van der Waals surface area contributed by atoms with Gasteiger partial charge in [0.2, 0.25) is 0 Å². The third kappa shape index (κ3) is 6.60. The Hall–Kier alpha value is -7.44. The number of hydrogen-bond donors (Lipinski definition) is 0. The van der Waals surface area contributed by atoms with Gasteiger partial charge in [-0.1, -0.05) is 162 Å². The molecule has 0 atom stereocenters. The fourth-order valence-electron chi connectivity index (χ4n) is 11.8. The molecule has 11 aromatic rings. The van der Waals surface area contributed by atoms with E-state index in [1.165, 1.54) is 49.8 Å². The summed E-state index contributed by atoms with van der Waals surface area (Å²) >= 11 is 0. The van der Waals surface area contributed by atoms with Gasteiger partial charge in [0.1, 0.15) is 16.7 Å². The minimum Gasteiger partial charge on any atom is -0.454 e. The van der Waals surface area contributed by atoms with Gasteiger partial charge in [-0.3, -0.25) is 0 Å². The number of hydrogen-bond acceptors (Lipinski definition) is 4. The Morgan fingerprint density at radius 3 is 1.61 bits per heavy atom. The lowest BCUT2D eigenvalue weighted by Gasteiger charge is -2.42. The molecular formula is C66H62BN3O2. The van der Waals surface area contributed by atoms with Crippen molar-refractivity contribution in [3.63, 3.8) is 0 Å². The molecule has 0 aliphatic carbocycles. The third-order valence-electron chi connectivity index (χ3n) is 15.8. The van der Waals surface area contributed by atoms with E-state index in [4.69, 9.17) is 8.83 Å². The molecule has 0 fully saturated rings. The second-order valence-corrected chi connectivity index (χ2v) is 24.7. The van der Waals surface area contributed by atoms with E-state index in [0.29, 0.717) is 0 Å². The molecular weight excluding hydrogens is 878 g/mol. The van der Waals surface area contributed by atoms with Crippen LogP contribution in [0.2, 0.25) is 0 Å². The normalized spacial score (nSPS) is 13.8. The van der Waals surface area contributed by atoms with Crippen LogP contribution in [0.5, 0.6) is 0 Å². The average molecular weight is 940 g/mol. The second-order valence-electron chi connectivity index (χ2n) is 24.7. The van der Waals surface area contributed by atoms with Gasteiger partial charge in [0.05, 0.1) is 11.2 Å². The van der Waals surface area contributed by atoms with Crippen molar-refractivity contribution in [2.24, 2.45) is 0 Å². The molecule has 0 saturated carbocycles. The fourth-order valence-corrected chi connectivity index (χ4v) is 11.8. The lowest BCUT2D eigenvalue weighted by Crippen LogP contribution is -2.60. The highest BCUT2D eigenvalue weighted by molar-refractivity contribution is 7.00. The molecule has 0 unspecified atom stereocenters. The summed E-state index contributed by atoms with van der Waals surface area (Å²) in [5.74, 6) is 0. The lowest BCUT2D eigenvalue weighted by molar-refractivity contribution is 0.587. The summed E-state index contributed by atoms with van der Waals surface area (Å²) in [4.78, 5) is 4.98. The number of nitrogens with zero attached hydrogens (tertiary/aromatic N) is 3. The molecule has 0 N–H and O–H groups in total. The lowest BCUT2D eigenvalue weighted by atomic mass is 9.33. The van der Waals surface area contributed by atoms with Crippen molar-refractivity contribution in [3.8, 4) is 5.69 Å². The van der Waals surface area contributed by atoms with Crippen LogP contribution >= 0.6 is 0 Å². The van der Waals surface area contributed by atoms with Gasteiger partial charge in [-0.05, 0) is 139 Å². The standard InChI is InChI=1S/C66H62BN3O2/c1-63(2,3)39-23-28-43(29-24-39)68(44-30-25-40(26-31-44)64(4,5)6)45-32-34-50-53(38-45)69(52-21-16-18-47-46-33-27-41(65(7,8)9)37-57(46)72-61(47)52)54-35-42(66(10,11)12)36-55-58(54)67(50)51-20-15-19-49-59(51)70(55)60-48-17-13-14-22-56(48)71-62(49)60/h13-38H,1-12H3. The van der Waals surface area contributed by atoms with Gasteiger partial charge in [-0.25, -0.2) is 0 Å². The molecule has 356 valence electrons. The van der Waals surface area contributed by atoms with Crippen LogP contribution in [0.25, 0.3) is 60.6 Å². The van der Waals surface area contributed by atoms with Crippen molar-refractivity contribution in [2.75, 3.05) is 9.80 Å². The Balaban J connectivity index is 1.14. The van der Waals surface area contributed by atoms with Crippen LogP contribution in [-0.2, 0) is 21.7 Å². The van der Waals surface area contributed by atoms with Crippen LogP contribution < -0.4 is 26.2 Å². The molecule has 5 heterocycles. The van der Waals surface area contributed by atoms with Gasteiger partial charge in [-0.2, -0.15) is 0 Å². The number of anilines is 6. The summed E-state index contributed by atoms with van der Waals surface area (Å²) in [5.41, 5.74) is 22.5. The molecule has 13 rings (SSSR count). The Kier molecular flexibility index (Phi) is 9.30. The van der Waals surface area contributed by atoms with E-state index in [1.54, 1.807) is 0 Å². The van der Waals surface area contributed by atoms with Gasteiger partial charge in [-0.15, -0.1) is 0 Å². The first-order chi connectivity index (χ1) is 34.2. The molecule has 72 heavy (non-hydrogen) atoms. The van der Waals surface area contributed by atoms with Crippen LogP contribution in [-0.4, -0.2) is 11.3 Å². The summed E-state index contributed by atoms with van der Waals surface area (Å²) in [6.45, 7) is 27.4. The molecule has 0 spiro atoms. The summed E-state index contributed by atoms with van der Waals surface area (Å²) in [6.07, 6.45) is 0. The first kappa shape index (κ1) is 44.5. The largest absolute Gasteiger partial charge is 0.454 e. The Labute approximate surface area is 423 Å². The zero-order valence-electron chi connectivity index (χ0n) is 43.7. The molecule has 0 bridgehead atoms. The van der Waals surface area contributed by atoms with Gasteiger partial charge in [0.25, 0.3) is 6.71 Å². The number of aromatic nitrogens is 1. The SMILES string of the molecule is CC(C)(C)c1ccc(N(c2ccc(C(C)(C)C)cc2)c2ccc3c(c2)N(c2cccc4c2oc2cc(C(C)(C)C)ccc24)c2cc(C(C)(C)C)cc4c2B3c2cccc3c5oc6ccccc6c5n-4c23)cc1. The number of rotatable bonds is 4. The summed E-state index contributed by atoms with van der Waals surface area (Å²) in [7, 11) is 0. The summed E-state index contributed by atoms with van der Waals surface area (Å²) < 4.78 is 16.6. The van der Waals surface area contributed by atoms with Gasteiger partial charge in [0.15, 0.2) is 11.2 Å². The highest BCUT2D eigenvalue weighted by atomic mass is 16.3. The van der Waals surface area contributed by atoms with Crippen molar-refractivity contribution in [1.29, 1.82) is 0 Å². The Bertz CT molecular complexity index is 3970. The molecule has 0 amide bonds. The zero-order chi connectivity index (χ0) is 50.0. The van der Waals surface area contributed by atoms with E-state index >= 15 is 0 Å². The monoisotopic (exact) mass is 939 g/mol. The Morgan fingerprint density at radius 2 is 0.944 bits per heavy atom. The number of para-hydroxylation sites is 3. The number of fused-ring (bicyclic) bond motifs is 12. The molecule has 2 aliphatic rings. The molecule has 3 aromatic heterocycles. The van der Waals surface area contributed by atoms with Crippen molar-refractivity contribution in [1.82, 2.24) is 4.57 Å². The maximum absolute atomic E-state index is 7.21. The maximum atomic E-state index is 7.21. The molecule has 0 radical (unpaired) electrons. The molecule has 6 heteroatoms. The molecule has 8 aromatic carbocycles. The first-order valence-corrected chi connectivity index (χ1v) is 25.8. The summed E-state index contributed by atoms with van der Waals surface area (Å²) in [5, 5.41) is 4.48. The topological polar surface area (TPSA) is 37.7 Å². The van der Waals surface area contributed by atoms with Gasteiger partial charge < -0.3 is 23.2 Å². The number of furan rings is 2. The minimum atomic E-state index is -0.181. The minimum absolute atomic E-state index is 0.0204. The molecule has 2 aliphatic heterocycles. The maximum Gasteiger partial charge on any atom is 0.252 e. The third-order valence-corrected chi connectivity index (χ3v) is 15.8. The van der Waals surface area contributed by atoms with Crippen LogP contribution in [0.3, 0.4) is 0 Å². The van der Waals surface area contributed by atoms with E-state index in [9.17, 15) is 0 Å². The van der Waals surface area contributed by atoms with E-state index in [1.807, 2.05) is 0 Å². The predicted octanol–water partition coefficient (Wildman–Crippen LogP) is 16.7. The van der Waals surface area contributed by atoms with Crippen LogP contribution in [0.15, 0.2) is 167 Å². The quantitative estimate of drug-likeness (QED) is 0.165. The van der Waals surface area contributed by atoms with E-state index < -0.39 is 0 Å². The van der Waals surface area contributed by atoms with Crippen LogP contribution in [0.1, 0.15) is 105 Å². The first-order valence-electron chi connectivity index (χ1n) is 25.8. The highest BCUT2D eigenvalue weighted by Gasteiger charge is 2.44. The molecule has 0 saturated heterocycles. The van der Waals surface area contributed by atoms with E-state index in [-0.39, 0.29) is 28.4 Å². The highest BCUT2D eigenvalue weighted by Crippen LogP contribution is 2.49. The van der Waals surface area contributed by atoms with Crippen molar-refractivity contribution in [2.45, 2.75) is 105 Å². The number of benzene rings is 8. The van der Waals surface area contributed by atoms with Crippen LogP contribution in [0, 0.1) is 0 Å². The zero-order valence-corrected chi connectivity index (χ0v) is 43.7. The Morgan fingerprint density at radius 1 is 0.375 bits per heavy atom. The van der Waals surface area contributed by atoms with Crippen molar-refractivity contribution >= 4 is 112 Å². The predicted molar refractivity (Wildman–Crippen MR) is 307 cm³/mol. The van der Waals surface area contributed by atoms with Crippen molar-refractivity contribution < 1.29 is 8.83 Å². The van der Waals surface area contributed by atoms with Gasteiger partial charge in [0, 0.05) is 55.7 Å². The smallest absolute Gasteiger partial charge is 0.252 e. The second kappa shape index (κ2) is 15.1. The average Bonchev–Trinajstić information content (AvgIpc) is 4.02. The fraction of sp³-hybridized carbons (Fsp3) is 0.242. The van der Waals surface area contributed by atoms with E-state index in [2.05, 4.69) is 255 Å².